The lowest BCUT2D eigenvalue weighted by molar-refractivity contribution is -0.919. The van der Waals surface area contributed by atoms with Crippen LogP contribution < -0.4 is 15.8 Å². The van der Waals surface area contributed by atoms with E-state index in [0.29, 0.717) is 33.0 Å². The molecule has 142 valence electrons. The Labute approximate surface area is 160 Å². The number of quaternary nitrogens is 1. The van der Waals surface area contributed by atoms with Crippen molar-refractivity contribution in [3.05, 3.63) is 50.8 Å². The fourth-order valence-corrected chi connectivity index (χ4v) is 5.00. The predicted molar refractivity (Wildman–Crippen MR) is 103 cm³/mol. The molecule has 0 saturated carbocycles. The van der Waals surface area contributed by atoms with Crippen molar-refractivity contribution in [1.82, 2.24) is 15.3 Å². The summed E-state index contributed by atoms with van der Waals surface area (Å²) in [5, 5.41) is 3.55. The zero-order chi connectivity index (χ0) is 19.0. The first-order valence-electron chi connectivity index (χ1n) is 9.21. The van der Waals surface area contributed by atoms with Gasteiger partial charge in [0.15, 0.2) is 11.8 Å². The number of aromatic amines is 1. The second kappa shape index (κ2) is 7.28. The molecule has 0 bridgehead atoms. The summed E-state index contributed by atoms with van der Waals surface area (Å²) < 4.78 is 5.62. The number of nitrogens with zero attached hydrogens (tertiary/aromatic N) is 1. The van der Waals surface area contributed by atoms with Crippen LogP contribution in [0.15, 0.2) is 27.6 Å². The number of hydrogen-bond donors (Lipinski definition) is 3. The molecule has 4 rings (SSSR count). The van der Waals surface area contributed by atoms with Gasteiger partial charge in [-0.3, -0.25) is 9.59 Å². The Balaban J connectivity index is 1.56. The van der Waals surface area contributed by atoms with Gasteiger partial charge in [0.1, 0.15) is 10.7 Å². The van der Waals surface area contributed by atoms with E-state index in [4.69, 9.17) is 4.42 Å². The molecule has 8 heteroatoms. The number of hydrogen-bond acceptors (Lipinski definition) is 5. The first-order chi connectivity index (χ1) is 13.0. The number of carbonyl (C=O) groups excluding carboxylic acids is 1. The van der Waals surface area contributed by atoms with E-state index in [9.17, 15) is 9.59 Å². The van der Waals surface area contributed by atoms with E-state index in [1.807, 2.05) is 12.1 Å². The number of carbonyl (C=O) groups is 1. The standard InChI is InChI=1S/C19H22N4O3S/c1-11-15-17(24)21-12(2)22-19(15)27-16(11)18(25)20-10-13(14-6-5-9-26-14)23-7-3-4-8-23/h5-6,9,13H,3-4,7-8,10H2,1-2H3,(H,20,25)(H,21,22,24)/p+1/t13-/m0/s1. The molecule has 27 heavy (non-hydrogen) atoms. The second-order valence-electron chi connectivity index (χ2n) is 7.03. The summed E-state index contributed by atoms with van der Waals surface area (Å²) in [4.78, 5) is 34.7. The first-order valence-corrected chi connectivity index (χ1v) is 10.0. The summed E-state index contributed by atoms with van der Waals surface area (Å²) in [6.45, 7) is 6.21. The molecule has 0 unspecified atom stereocenters. The molecular weight excluding hydrogens is 364 g/mol. The van der Waals surface area contributed by atoms with E-state index in [1.54, 1.807) is 20.1 Å². The molecule has 1 aliphatic rings. The molecule has 0 radical (unpaired) electrons. The van der Waals surface area contributed by atoms with Crippen molar-refractivity contribution >= 4 is 27.5 Å². The molecule has 4 heterocycles. The predicted octanol–water partition coefficient (Wildman–Crippen LogP) is 1.34. The summed E-state index contributed by atoms with van der Waals surface area (Å²) in [5.74, 6) is 1.29. The van der Waals surface area contributed by atoms with Crippen LogP contribution >= 0.6 is 11.3 Å². The number of thiophene rings is 1. The lowest BCUT2D eigenvalue weighted by Crippen LogP contribution is -3.11. The number of amides is 1. The maximum absolute atomic E-state index is 12.8. The fraction of sp³-hybridized carbons (Fsp3) is 0.421. The van der Waals surface area contributed by atoms with Crippen LogP contribution in [0.2, 0.25) is 0 Å². The normalized spacial score (nSPS) is 16.1. The van der Waals surface area contributed by atoms with E-state index in [0.717, 1.165) is 18.8 Å². The number of H-pyrrole nitrogens is 1. The van der Waals surface area contributed by atoms with Crippen molar-refractivity contribution in [2.75, 3.05) is 19.6 Å². The van der Waals surface area contributed by atoms with E-state index in [1.165, 1.54) is 29.1 Å². The van der Waals surface area contributed by atoms with Gasteiger partial charge in [0.25, 0.3) is 11.5 Å². The summed E-state index contributed by atoms with van der Waals surface area (Å²) in [5.41, 5.74) is 0.490. The highest BCUT2D eigenvalue weighted by Crippen LogP contribution is 2.26. The van der Waals surface area contributed by atoms with Gasteiger partial charge in [-0.1, -0.05) is 0 Å². The lowest BCUT2D eigenvalue weighted by Gasteiger charge is -2.23. The molecule has 3 aromatic heterocycles. The van der Waals surface area contributed by atoms with Gasteiger partial charge in [-0.15, -0.1) is 11.3 Å². The summed E-state index contributed by atoms with van der Waals surface area (Å²) in [7, 11) is 0. The molecule has 1 aliphatic heterocycles. The fourth-order valence-electron chi connectivity index (χ4n) is 3.86. The Hall–Kier alpha value is -2.45. The van der Waals surface area contributed by atoms with Crippen molar-refractivity contribution < 1.29 is 14.1 Å². The summed E-state index contributed by atoms with van der Waals surface area (Å²) >= 11 is 1.27. The van der Waals surface area contributed by atoms with Gasteiger partial charge in [0.2, 0.25) is 0 Å². The molecule has 0 aliphatic carbocycles. The first kappa shape index (κ1) is 17.9. The van der Waals surface area contributed by atoms with Gasteiger partial charge in [-0.05, 0) is 31.5 Å². The largest absolute Gasteiger partial charge is 0.463 e. The molecule has 1 fully saturated rings. The van der Waals surface area contributed by atoms with Gasteiger partial charge in [-0.25, -0.2) is 4.98 Å². The molecule has 3 aromatic rings. The topological polar surface area (TPSA) is 92.4 Å². The van der Waals surface area contributed by atoms with Crippen LogP contribution in [-0.4, -0.2) is 35.5 Å². The Morgan fingerprint density at radius 1 is 1.41 bits per heavy atom. The molecule has 7 nitrogen and oxygen atoms in total. The molecule has 1 saturated heterocycles. The van der Waals surface area contributed by atoms with Crippen molar-refractivity contribution in [2.45, 2.75) is 32.7 Å². The molecule has 3 N–H and O–H groups in total. The van der Waals surface area contributed by atoms with E-state index in [-0.39, 0.29) is 17.5 Å². The average Bonchev–Trinajstić information content (AvgIpc) is 3.36. The SMILES string of the molecule is Cc1nc2sc(C(=O)NC[C@@H](c3ccco3)[NH+]3CCCC3)c(C)c2c(=O)[nH]1. The van der Waals surface area contributed by atoms with Gasteiger partial charge >= 0.3 is 0 Å². The molecule has 1 atom stereocenters. The van der Waals surface area contributed by atoms with Gasteiger partial charge in [-0.2, -0.15) is 0 Å². The third-order valence-electron chi connectivity index (χ3n) is 5.22. The highest BCUT2D eigenvalue weighted by atomic mass is 32.1. The van der Waals surface area contributed by atoms with E-state index in [2.05, 4.69) is 15.3 Å². The number of aromatic nitrogens is 2. The summed E-state index contributed by atoms with van der Waals surface area (Å²) in [6, 6.07) is 3.96. The summed E-state index contributed by atoms with van der Waals surface area (Å²) in [6.07, 6.45) is 4.07. The van der Waals surface area contributed by atoms with Crippen molar-refractivity contribution in [3.8, 4) is 0 Å². The minimum Gasteiger partial charge on any atom is -0.463 e. The van der Waals surface area contributed by atoms with Crippen LogP contribution in [-0.2, 0) is 0 Å². The minimum absolute atomic E-state index is 0.102. The number of fused-ring (bicyclic) bond motifs is 1. The van der Waals surface area contributed by atoms with Gasteiger partial charge in [0, 0.05) is 12.8 Å². The van der Waals surface area contributed by atoms with Crippen molar-refractivity contribution in [2.24, 2.45) is 0 Å². The van der Waals surface area contributed by atoms with Crippen molar-refractivity contribution in [3.63, 3.8) is 0 Å². The maximum atomic E-state index is 12.8. The molecule has 0 aromatic carbocycles. The smallest absolute Gasteiger partial charge is 0.261 e. The van der Waals surface area contributed by atoms with E-state index < -0.39 is 0 Å². The third-order valence-corrected chi connectivity index (χ3v) is 6.40. The maximum Gasteiger partial charge on any atom is 0.261 e. The monoisotopic (exact) mass is 387 g/mol. The Morgan fingerprint density at radius 2 is 2.19 bits per heavy atom. The number of rotatable bonds is 5. The highest BCUT2D eigenvalue weighted by Gasteiger charge is 2.30. The highest BCUT2D eigenvalue weighted by molar-refractivity contribution is 7.20. The quantitative estimate of drug-likeness (QED) is 0.616. The number of likely N-dealkylation sites (tertiary alicyclic amines) is 1. The van der Waals surface area contributed by atoms with Crippen LogP contribution in [0.4, 0.5) is 0 Å². The van der Waals surface area contributed by atoms with Gasteiger partial charge in [0.05, 0.1) is 36.2 Å². The Kier molecular flexibility index (Phi) is 4.84. The Morgan fingerprint density at radius 3 is 2.89 bits per heavy atom. The number of nitrogens with one attached hydrogen (secondary N) is 3. The zero-order valence-electron chi connectivity index (χ0n) is 15.4. The molecular formula is C19H23N4O3S+. The van der Waals surface area contributed by atoms with Crippen LogP contribution in [0.1, 0.15) is 45.7 Å². The van der Waals surface area contributed by atoms with Crippen LogP contribution in [0.5, 0.6) is 0 Å². The number of furan rings is 1. The molecule has 1 amide bonds. The van der Waals surface area contributed by atoms with Crippen LogP contribution in [0.3, 0.4) is 0 Å². The van der Waals surface area contributed by atoms with Crippen LogP contribution in [0.25, 0.3) is 10.2 Å². The van der Waals surface area contributed by atoms with Crippen LogP contribution in [0, 0.1) is 13.8 Å². The lowest BCUT2D eigenvalue weighted by atomic mass is 10.1. The molecule has 0 spiro atoms. The number of aryl methyl sites for hydroxylation is 2. The van der Waals surface area contributed by atoms with Crippen molar-refractivity contribution in [1.29, 1.82) is 0 Å². The second-order valence-corrected chi connectivity index (χ2v) is 8.03. The zero-order valence-corrected chi connectivity index (χ0v) is 16.2. The van der Waals surface area contributed by atoms with E-state index >= 15 is 0 Å². The third kappa shape index (κ3) is 3.42. The van der Waals surface area contributed by atoms with Gasteiger partial charge < -0.3 is 19.6 Å². The Bertz CT molecular complexity index is 1020. The average molecular weight is 387 g/mol. The minimum atomic E-state index is -0.194.